The van der Waals surface area contributed by atoms with Gasteiger partial charge in [-0.05, 0) is 26.8 Å². The maximum atomic E-state index is 5.04. The molecule has 0 aromatic carbocycles. The van der Waals surface area contributed by atoms with Gasteiger partial charge in [0.1, 0.15) is 0 Å². The van der Waals surface area contributed by atoms with E-state index in [1.165, 1.54) is 4.88 Å². The SMILES string of the molecule is CNC(CCCOC)c1cnc(C)s1. The van der Waals surface area contributed by atoms with Gasteiger partial charge in [-0.1, -0.05) is 0 Å². The molecule has 0 aliphatic carbocycles. The van der Waals surface area contributed by atoms with E-state index in [0.717, 1.165) is 24.5 Å². The zero-order chi connectivity index (χ0) is 10.4. The number of nitrogens with zero attached hydrogens (tertiary/aromatic N) is 1. The first kappa shape index (κ1) is 11.6. The summed E-state index contributed by atoms with van der Waals surface area (Å²) in [6.45, 7) is 2.87. The van der Waals surface area contributed by atoms with Gasteiger partial charge in [0.25, 0.3) is 0 Å². The van der Waals surface area contributed by atoms with Crippen LogP contribution >= 0.6 is 11.3 Å². The van der Waals surface area contributed by atoms with E-state index in [2.05, 4.69) is 10.3 Å². The molecule has 1 heterocycles. The molecule has 80 valence electrons. The highest BCUT2D eigenvalue weighted by molar-refractivity contribution is 7.11. The van der Waals surface area contributed by atoms with Crippen molar-refractivity contribution < 1.29 is 4.74 Å². The second-order valence-corrected chi connectivity index (χ2v) is 4.52. The lowest BCUT2D eigenvalue weighted by Crippen LogP contribution is -2.15. The Balaban J connectivity index is 2.45. The summed E-state index contributed by atoms with van der Waals surface area (Å²) in [4.78, 5) is 5.58. The van der Waals surface area contributed by atoms with Crippen molar-refractivity contribution in [3.63, 3.8) is 0 Å². The summed E-state index contributed by atoms with van der Waals surface area (Å²) in [6.07, 6.45) is 4.15. The second-order valence-electron chi connectivity index (χ2n) is 3.26. The van der Waals surface area contributed by atoms with Gasteiger partial charge in [-0.25, -0.2) is 4.98 Å². The Kier molecular flexibility index (Phi) is 5.07. The second kappa shape index (κ2) is 6.11. The van der Waals surface area contributed by atoms with Gasteiger partial charge >= 0.3 is 0 Å². The molecule has 3 nitrogen and oxygen atoms in total. The lowest BCUT2D eigenvalue weighted by atomic mass is 10.1. The van der Waals surface area contributed by atoms with Gasteiger partial charge in [-0.15, -0.1) is 11.3 Å². The van der Waals surface area contributed by atoms with Gasteiger partial charge in [0.2, 0.25) is 0 Å². The van der Waals surface area contributed by atoms with Crippen LogP contribution in [-0.2, 0) is 4.74 Å². The Bertz CT molecular complexity index is 262. The number of hydrogen-bond acceptors (Lipinski definition) is 4. The summed E-state index contributed by atoms with van der Waals surface area (Å²) in [5.74, 6) is 0. The van der Waals surface area contributed by atoms with Crippen LogP contribution in [0.15, 0.2) is 6.20 Å². The van der Waals surface area contributed by atoms with Crippen molar-refractivity contribution >= 4 is 11.3 Å². The van der Waals surface area contributed by atoms with Crippen LogP contribution < -0.4 is 5.32 Å². The molecule has 0 spiro atoms. The lowest BCUT2D eigenvalue weighted by molar-refractivity contribution is 0.189. The summed E-state index contributed by atoms with van der Waals surface area (Å²) in [5.41, 5.74) is 0. The van der Waals surface area contributed by atoms with Gasteiger partial charge in [0, 0.05) is 30.8 Å². The van der Waals surface area contributed by atoms with E-state index >= 15 is 0 Å². The monoisotopic (exact) mass is 214 g/mol. The van der Waals surface area contributed by atoms with Crippen LogP contribution in [0.25, 0.3) is 0 Å². The van der Waals surface area contributed by atoms with E-state index in [4.69, 9.17) is 4.74 Å². The minimum absolute atomic E-state index is 0.427. The molecule has 1 aromatic heterocycles. The van der Waals surface area contributed by atoms with Crippen LogP contribution in [0.5, 0.6) is 0 Å². The summed E-state index contributed by atoms with van der Waals surface area (Å²) < 4.78 is 5.04. The van der Waals surface area contributed by atoms with Gasteiger partial charge < -0.3 is 10.1 Å². The molecule has 0 fully saturated rings. The summed E-state index contributed by atoms with van der Waals surface area (Å²) in [6, 6.07) is 0.427. The van der Waals surface area contributed by atoms with E-state index in [-0.39, 0.29) is 0 Å². The maximum absolute atomic E-state index is 5.04. The molecule has 1 unspecified atom stereocenters. The van der Waals surface area contributed by atoms with Gasteiger partial charge in [-0.3, -0.25) is 0 Å². The molecule has 1 N–H and O–H groups in total. The molecule has 0 amide bonds. The average molecular weight is 214 g/mol. The van der Waals surface area contributed by atoms with Gasteiger partial charge in [0.15, 0.2) is 0 Å². The highest BCUT2D eigenvalue weighted by atomic mass is 32.1. The molecular weight excluding hydrogens is 196 g/mol. The number of hydrogen-bond donors (Lipinski definition) is 1. The normalized spacial score (nSPS) is 13.1. The third kappa shape index (κ3) is 3.36. The van der Waals surface area contributed by atoms with Crippen LogP contribution in [0.2, 0.25) is 0 Å². The molecule has 14 heavy (non-hydrogen) atoms. The number of methoxy groups -OCH3 is 1. The fourth-order valence-corrected chi connectivity index (χ4v) is 2.33. The van der Waals surface area contributed by atoms with Crippen LogP contribution in [0, 0.1) is 6.92 Å². The molecule has 0 bridgehead atoms. The van der Waals surface area contributed by atoms with E-state index in [1.807, 2.05) is 20.2 Å². The minimum atomic E-state index is 0.427. The first-order chi connectivity index (χ1) is 6.77. The Labute approximate surface area is 89.5 Å². The fraction of sp³-hybridized carbons (Fsp3) is 0.700. The Morgan fingerprint density at radius 3 is 2.93 bits per heavy atom. The van der Waals surface area contributed by atoms with E-state index in [0.29, 0.717) is 6.04 Å². The summed E-state index contributed by atoms with van der Waals surface area (Å²) in [5, 5.41) is 4.44. The number of aryl methyl sites for hydroxylation is 1. The standard InChI is InChI=1S/C10H18N2OS/c1-8-12-7-10(14-8)9(11-2)5-4-6-13-3/h7,9,11H,4-6H2,1-3H3. The van der Waals surface area contributed by atoms with Crippen molar-refractivity contribution in [2.45, 2.75) is 25.8 Å². The maximum Gasteiger partial charge on any atom is 0.0897 e. The summed E-state index contributed by atoms with van der Waals surface area (Å²) in [7, 11) is 3.73. The third-order valence-corrected chi connectivity index (χ3v) is 3.20. The largest absolute Gasteiger partial charge is 0.385 e. The first-order valence-corrected chi connectivity index (χ1v) is 5.68. The van der Waals surface area contributed by atoms with Crippen molar-refractivity contribution in [1.29, 1.82) is 0 Å². The smallest absolute Gasteiger partial charge is 0.0897 e. The predicted molar refractivity (Wildman–Crippen MR) is 59.8 cm³/mol. The van der Waals surface area contributed by atoms with E-state index in [9.17, 15) is 0 Å². The van der Waals surface area contributed by atoms with Crippen LogP contribution in [-0.4, -0.2) is 25.7 Å². The molecule has 4 heteroatoms. The molecule has 0 aliphatic heterocycles. The number of aromatic nitrogens is 1. The molecule has 0 radical (unpaired) electrons. The van der Waals surface area contributed by atoms with Crippen molar-refractivity contribution in [3.05, 3.63) is 16.1 Å². The predicted octanol–water partition coefficient (Wildman–Crippen LogP) is 2.14. The minimum Gasteiger partial charge on any atom is -0.385 e. The van der Waals surface area contributed by atoms with E-state index < -0.39 is 0 Å². The molecule has 1 rings (SSSR count). The Morgan fingerprint density at radius 1 is 1.64 bits per heavy atom. The first-order valence-electron chi connectivity index (χ1n) is 4.86. The van der Waals surface area contributed by atoms with Crippen LogP contribution in [0.1, 0.15) is 28.8 Å². The highest BCUT2D eigenvalue weighted by Gasteiger charge is 2.11. The van der Waals surface area contributed by atoms with Crippen molar-refractivity contribution in [1.82, 2.24) is 10.3 Å². The van der Waals surface area contributed by atoms with Crippen molar-refractivity contribution in [2.24, 2.45) is 0 Å². The topological polar surface area (TPSA) is 34.1 Å². The summed E-state index contributed by atoms with van der Waals surface area (Å²) >= 11 is 1.76. The van der Waals surface area contributed by atoms with E-state index in [1.54, 1.807) is 18.4 Å². The van der Waals surface area contributed by atoms with Gasteiger partial charge in [0.05, 0.1) is 5.01 Å². The molecule has 1 atom stereocenters. The molecule has 1 aromatic rings. The highest BCUT2D eigenvalue weighted by Crippen LogP contribution is 2.23. The number of nitrogens with one attached hydrogen (secondary N) is 1. The quantitative estimate of drug-likeness (QED) is 0.737. The van der Waals surface area contributed by atoms with Gasteiger partial charge in [-0.2, -0.15) is 0 Å². The van der Waals surface area contributed by atoms with Crippen molar-refractivity contribution in [3.8, 4) is 0 Å². The fourth-order valence-electron chi connectivity index (χ4n) is 1.40. The number of ether oxygens (including phenoxy) is 1. The van der Waals surface area contributed by atoms with Crippen LogP contribution in [0.3, 0.4) is 0 Å². The molecule has 0 saturated heterocycles. The lowest BCUT2D eigenvalue weighted by Gasteiger charge is -2.13. The zero-order valence-electron chi connectivity index (χ0n) is 9.04. The zero-order valence-corrected chi connectivity index (χ0v) is 9.86. The molecule has 0 saturated carbocycles. The Hall–Kier alpha value is -0.450. The molecule has 0 aliphatic rings. The average Bonchev–Trinajstić information content (AvgIpc) is 2.60. The number of thiazole rings is 1. The van der Waals surface area contributed by atoms with Crippen LogP contribution in [0.4, 0.5) is 0 Å². The van der Waals surface area contributed by atoms with Crippen molar-refractivity contribution in [2.75, 3.05) is 20.8 Å². The molecular formula is C10H18N2OS. The Morgan fingerprint density at radius 2 is 2.43 bits per heavy atom. The third-order valence-electron chi connectivity index (χ3n) is 2.17. The number of rotatable bonds is 6.